The molecular formula is C27H23NO4. The van der Waals surface area contributed by atoms with Crippen molar-refractivity contribution in [3.05, 3.63) is 103 Å². The summed E-state index contributed by atoms with van der Waals surface area (Å²) in [5.74, 6) is 0.661. The third-order valence-corrected chi connectivity index (χ3v) is 5.25. The lowest BCUT2D eigenvalue weighted by atomic mass is 10.0. The Kier molecular flexibility index (Phi) is 6.08. The van der Waals surface area contributed by atoms with Crippen molar-refractivity contribution in [2.24, 2.45) is 0 Å². The zero-order chi connectivity index (χ0) is 22.5. The van der Waals surface area contributed by atoms with Gasteiger partial charge in [-0.25, -0.2) is 4.79 Å². The van der Waals surface area contributed by atoms with E-state index in [4.69, 9.17) is 14.6 Å². The number of anilines is 3. The number of aromatic carboxylic acids is 1. The minimum Gasteiger partial charge on any atom is -0.497 e. The van der Waals surface area contributed by atoms with Crippen LogP contribution in [0.2, 0.25) is 0 Å². The van der Waals surface area contributed by atoms with E-state index in [0.29, 0.717) is 0 Å². The summed E-state index contributed by atoms with van der Waals surface area (Å²) in [6.45, 7) is 0. The molecule has 4 rings (SSSR count). The molecule has 0 radical (unpaired) electrons. The van der Waals surface area contributed by atoms with E-state index < -0.39 is 5.97 Å². The van der Waals surface area contributed by atoms with Crippen LogP contribution in [0.3, 0.4) is 0 Å². The molecule has 0 spiro atoms. The molecular weight excluding hydrogens is 402 g/mol. The first-order valence-electron chi connectivity index (χ1n) is 10.1. The second-order valence-corrected chi connectivity index (χ2v) is 7.16. The summed E-state index contributed by atoms with van der Waals surface area (Å²) in [4.78, 5) is 13.2. The quantitative estimate of drug-likeness (QED) is 0.364. The number of hydrogen-bond donors (Lipinski definition) is 1. The zero-order valence-corrected chi connectivity index (χ0v) is 17.9. The smallest absolute Gasteiger partial charge is 0.335 e. The molecule has 0 saturated heterocycles. The average Bonchev–Trinajstić information content (AvgIpc) is 2.85. The van der Waals surface area contributed by atoms with Gasteiger partial charge in [-0.1, -0.05) is 24.3 Å². The summed E-state index contributed by atoms with van der Waals surface area (Å²) < 4.78 is 10.6. The fourth-order valence-electron chi connectivity index (χ4n) is 3.52. The van der Waals surface area contributed by atoms with Crippen molar-refractivity contribution < 1.29 is 19.4 Å². The summed E-state index contributed by atoms with van der Waals surface area (Å²) in [5, 5.41) is 9.10. The molecule has 0 unspecified atom stereocenters. The van der Waals surface area contributed by atoms with E-state index in [-0.39, 0.29) is 5.56 Å². The fraction of sp³-hybridized carbons (Fsp3) is 0.0741. The van der Waals surface area contributed by atoms with Gasteiger partial charge in [0.15, 0.2) is 0 Å². The van der Waals surface area contributed by atoms with Crippen LogP contribution in [0.4, 0.5) is 17.1 Å². The van der Waals surface area contributed by atoms with Gasteiger partial charge < -0.3 is 19.5 Å². The lowest BCUT2D eigenvalue weighted by Gasteiger charge is -2.26. The number of carboxylic acids is 1. The second-order valence-electron chi connectivity index (χ2n) is 7.16. The Morgan fingerprint density at radius 3 is 1.28 bits per heavy atom. The van der Waals surface area contributed by atoms with E-state index in [2.05, 4.69) is 17.0 Å². The molecule has 0 heterocycles. The van der Waals surface area contributed by atoms with E-state index in [1.807, 2.05) is 72.8 Å². The number of carbonyl (C=O) groups is 1. The minimum absolute atomic E-state index is 0.274. The summed E-state index contributed by atoms with van der Waals surface area (Å²) in [5.41, 5.74) is 5.22. The van der Waals surface area contributed by atoms with Gasteiger partial charge in [0.2, 0.25) is 0 Å². The number of ether oxygens (including phenoxy) is 2. The van der Waals surface area contributed by atoms with Crippen LogP contribution < -0.4 is 14.4 Å². The highest BCUT2D eigenvalue weighted by atomic mass is 16.5. The van der Waals surface area contributed by atoms with Crippen molar-refractivity contribution in [2.45, 2.75) is 0 Å². The van der Waals surface area contributed by atoms with Gasteiger partial charge in [-0.15, -0.1) is 0 Å². The first-order valence-corrected chi connectivity index (χ1v) is 10.1. The Balaban J connectivity index is 1.70. The number of methoxy groups -OCH3 is 2. The molecule has 4 aromatic rings. The number of nitrogens with zero attached hydrogens (tertiary/aromatic N) is 1. The SMILES string of the molecule is COc1ccc(N(c2ccc(OC)cc2)c2ccc(-c3ccc(C(=O)O)cc3)cc2)cc1. The van der Waals surface area contributed by atoms with Gasteiger partial charge in [0.1, 0.15) is 11.5 Å². The Morgan fingerprint density at radius 1 is 0.594 bits per heavy atom. The second kappa shape index (κ2) is 9.27. The third-order valence-electron chi connectivity index (χ3n) is 5.25. The maximum Gasteiger partial charge on any atom is 0.335 e. The standard InChI is InChI=1S/C27H23NO4/c1-31-25-15-11-23(12-16-25)28(24-13-17-26(32-2)18-14-24)22-9-7-20(8-10-22)19-3-5-21(6-4-19)27(29)30/h3-18H,1-2H3,(H,29,30). The molecule has 0 saturated carbocycles. The normalized spacial score (nSPS) is 10.4. The molecule has 0 fully saturated rings. The van der Waals surface area contributed by atoms with Crippen molar-refractivity contribution >= 4 is 23.0 Å². The Morgan fingerprint density at radius 2 is 0.938 bits per heavy atom. The highest BCUT2D eigenvalue weighted by Crippen LogP contribution is 2.37. The molecule has 0 bridgehead atoms. The van der Waals surface area contributed by atoms with Crippen LogP contribution >= 0.6 is 0 Å². The van der Waals surface area contributed by atoms with Gasteiger partial charge in [0, 0.05) is 17.1 Å². The molecule has 0 atom stereocenters. The molecule has 0 amide bonds. The van der Waals surface area contributed by atoms with Crippen LogP contribution in [-0.2, 0) is 0 Å². The van der Waals surface area contributed by atoms with Crippen LogP contribution in [0, 0.1) is 0 Å². The molecule has 0 aromatic heterocycles. The molecule has 4 aromatic carbocycles. The van der Waals surface area contributed by atoms with Crippen molar-refractivity contribution in [3.8, 4) is 22.6 Å². The lowest BCUT2D eigenvalue weighted by molar-refractivity contribution is 0.0697. The number of rotatable bonds is 7. The van der Waals surface area contributed by atoms with E-state index in [0.717, 1.165) is 39.7 Å². The van der Waals surface area contributed by atoms with Crippen molar-refractivity contribution in [2.75, 3.05) is 19.1 Å². The van der Waals surface area contributed by atoms with E-state index >= 15 is 0 Å². The first kappa shape index (κ1) is 21.0. The van der Waals surface area contributed by atoms with Crippen LogP contribution in [0.1, 0.15) is 10.4 Å². The highest BCUT2D eigenvalue weighted by Gasteiger charge is 2.13. The Bertz CT molecular complexity index is 1140. The van der Waals surface area contributed by atoms with E-state index in [9.17, 15) is 4.79 Å². The molecule has 160 valence electrons. The van der Waals surface area contributed by atoms with Gasteiger partial charge in [0.25, 0.3) is 0 Å². The molecule has 0 aliphatic carbocycles. The zero-order valence-electron chi connectivity index (χ0n) is 17.9. The van der Waals surface area contributed by atoms with E-state index in [1.165, 1.54) is 0 Å². The lowest BCUT2D eigenvalue weighted by Crippen LogP contribution is -2.09. The topological polar surface area (TPSA) is 59.0 Å². The third kappa shape index (κ3) is 4.42. The number of carboxylic acid groups (broad SMARTS) is 1. The number of benzene rings is 4. The number of hydrogen-bond acceptors (Lipinski definition) is 4. The van der Waals surface area contributed by atoms with Crippen molar-refractivity contribution in [3.63, 3.8) is 0 Å². The summed E-state index contributed by atoms with van der Waals surface area (Å²) >= 11 is 0. The predicted molar refractivity (Wildman–Crippen MR) is 127 cm³/mol. The molecule has 1 N–H and O–H groups in total. The average molecular weight is 425 g/mol. The summed E-state index contributed by atoms with van der Waals surface area (Å²) in [7, 11) is 3.30. The summed E-state index contributed by atoms with van der Waals surface area (Å²) in [6.07, 6.45) is 0. The van der Waals surface area contributed by atoms with Gasteiger partial charge in [-0.2, -0.15) is 0 Å². The maximum absolute atomic E-state index is 11.1. The van der Waals surface area contributed by atoms with Crippen molar-refractivity contribution in [1.29, 1.82) is 0 Å². The Labute approximate surface area is 187 Å². The molecule has 0 aliphatic heterocycles. The van der Waals surface area contributed by atoms with Gasteiger partial charge in [0.05, 0.1) is 19.8 Å². The van der Waals surface area contributed by atoms with Crippen LogP contribution in [-0.4, -0.2) is 25.3 Å². The monoisotopic (exact) mass is 425 g/mol. The largest absolute Gasteiger partial charge is 0.497 e. The summed E-state index contributed by atoms with van der Waals surface area (Å²) in [6, 6.07) is 30.8. The van der Waals surface area contributed by atoms with E-state index in [1.54, 1.807) is 26.4 Å². The van der Waals surface area contributed by atoms with Crippen LogP contribution in [0.5, 0.6) is 11.5 Å². The predicted octanol–water partition coefficient (Wildman–Crippen LogP) is 6.54. The minimum atomic E-state index is -0.929. The molecule has 5 heteroatoms. The van der Waals surface area contributed by atoms with Crippen LogP contribution in [0.25, 0.3) is 11.1 Å². The first-order chi connectivity index (χ1) is 15.6. The Hall–Kier alpha value is -4.25. The maximum atomic E-state index is 11.1. The van der Waals surface area contributed by atoms with Gasteiger partial charge in [-0.05, 0) is 83.9 Å². The van der Waals surface area contributed by atoms with Gasteiger partial charge >= 0.3 is 5.97 Å². The molecule has 0 aliphatic rings. The van der Waals surface area contributed by atoms with Crippen LogP contribution in [0.15, 0.2) is 97.1 Å². The highest BCUT2D eigenvalue weighted by molar-refractivity contribution is 5.88. The molecule has 5 nitrogen and oxygen atoms in total. The fourth-order valence-corrected chi connectivity index (χ4v) is 3.52. The van der Waals surface area contributed by atoms with Gasteiger partial charge in [-0.3, -0.25) is 0 Å². The van der Waals surface area contributed by atoms with Crippen molar-refractivity contribution in [1.82, 2.24) is 0 Å². The molecule has 32 heavy (non-hydrogen) atoms.